The van der Waals surface area contributed by atoms with E-state index in [9.17, 15) is 13.0 Å². The molecule has 0 bridgehead atoms. The van der Waals surface area contributed by atoms with Crippen molar-refractivity contribution >= 4 is 55.1 Å². The van der Waals surface area contributed by atoms with Crippen molar-refractivity contribution in [1.29, 1.82) is 0 Å². The molecule has 0 fully saturated rings. The highest BCUT2D eigenvalue weighted by Gasteiger charge is 2.14. The van der Waals surface area contributed by atoms with Gasteiger partial charge in [0.25, 0.3) is 0 Å². The van der Waals surface area contributed by atoms with Gasteiger partial charge >= 0.3 is 0 Å². The summed E-state index contributed by atoms with van der Waals surface area (Å²) in [5.74, 6) is 0. The Hall–Kier alpha value is -4.16. The van der Waals surface area contributed by atoms with Crippen molar-refractivity contribution in [3.05, 3.63) is 145 Å². The molecule has 7 aromatic rings. The monoisotopic (exact) mass is 602 g/mol. The first-order chi connectivity index (χ1) is 20.5. The molecule has 0 aliphatic rings. The first kappa shape index (κ1) is 30.3. The second-order valence-corrected chi connectivity index (χ2v) is 13.4. The van der Waals surface area contributed by atoms with Crippen LogP contribution in [0.15, 0.2) is 149 Å². The van der Waals surface area contributed by atoms with Crippen LogP contribution in [0.25, 0.3) is 43.4 Å². The Kier molecular flexibility index (Phi) is 8.88. The highest BCUT2D eigenvalue weighted by atomic mass is 32.2. The molecule has 0 heterocycles. The van der Waals surface area contributed by atoms with Crippen LogP contribution in [0.2, 0.25) is 0 Å². The van der Waals surface area contributed by atoms with Crippen molar-refractivity contribution in [2.45, 2.75) is 36.0 Å². The average molecular weight is 603 g/mol. The first-order valence-electron chi connectivity index (χ1n) is 14.1. The molecule has 0 aliphatic carbocycles. The fourth-order valence-electron chi connectivity index (χ4n) is 5.16. The normalized spacial score (nSPS) is 11.6. The minimum atomic E-state index is -4.48. The van der Waals surface area contributed by atoms with Gasteiger partial charge in [0.15, 0.2) is 0 Å². The van der Waals surface area contributed by atoms with Gasteiger partial charge in [-0.15, -0.1) is 0 Å². The highest BCUT2D eigenvalue weighted by molar-refractivity contribution is 7.86. The Morgan fingerprint density at radius 2 is 1.00 bits per heavy atom. The zero-order valence-corrected chi connectivity index (χ0v) is 26.2. The van der Waals surface area contributed by atoms with Crippen molar-refractivity contribution in [1.82, 2.24) is 0 Å². The van der Waals surface area contributed by atoms with Crippen LogP contribution in [0.5, 0.6) is 0 Å². The lowest BCUT2D eigenvalue weighted by Crippen LogP contribution is -2.10. The van der Waals surface area contributed by atoms with E-state index in [4.69, 9.17) is 0 Å². The van der Waals surface area contributed by atoms with Crippen molar-refractivity contribution in [2.24, 2.45) is 0 Å². The summed E-state index contributed by atoms with van der Waals surface area (Å²) in [6.45, 7) is 6.65. The van der Waals surface area contributed by atoms with Crippen LogP contribution in [0.1, 0.15) is 26.3 Å². The van der Waals surface area contributed by atoms with Gasteiger partial charge in [0, 0.05) is 5.39 Å². The van der Waals surface area contributed by atoms with E-state index in [1.807, 2.05) is 48.5 Å². The summed E-state index contributed by atoms with van der Waals surface area (Å²) in [5, 5.41) is 5.38. The summed E-state index contributed by atoms with van der Waals surface area (Å²) in [6.07, 6.45) is 0. The number of rotatable bonds is 2. The maximum atomic E-state index is 11.4. The standard InChI is InChI=1S/C16H10O3S.C12H10.C10H14S/c17-20(18,19)14-9-7-12-5-4-10-2-1-3-11-6-8-13(14)16(12)15(10)11;1-3-7-11(8-4-1)12-9-5-2-6-10-12;1-10(2,3)8-4-6-9(11)7-5-8/h1-9H,(H,17,18,19);1-10H;4-7,11H,1-3H3. The molecule has 216 valence electrons. The van der Waals surface area contributed by atoms with Crippen molar-refractivity contribution in [3.63, 3.8) is 0 Å². The van der Waals surface area contributed by atoms with Gasteiger partial charge in [-0.3, -0.25) is 0 Å². The fraction of sp³-hybridized carbons (Fsp3) is 0.105. The SMILES string of the molecule is CC(C)(C)c1ccc([SH2+])cc1.O=S(=O)([O-])c1ccc2ccc3cccc4ccc1c2c34.c1ccc(-c2ccccc2)cc1. The summed E-state index contributed by atoms with van der Waals surface area (Å²) in [6, 6.07) is 45.8. The van der Waals surface area contributed by atoms with E-state index in [2.05, 4.69) is 106 Å². The van der Waals surface area contributed by atoms with Crippen LogP contribution >= 0.6 is 0 Å². The van der Waals surface area contributed by atoms with Gasteiger partial charge in [0.2, 0.25) is 0 Å². The van der Waals surface area contributed by atoms with Crippen molar-refractivity contribution < 1.29 is 13.0 Å². The predicted octanol–water partition coefficient (Wildman–Crippen LogP) is 9.20. The van der Waals surface area contributed by atoms with Crippen LogP contribution < -0.4 is 0 Å². The van der Waals surface area contributed by atoms with E-state index in [1.54, 1.807) is 12.1 Å². The van der Waals surface area contributed by atoms with E-state index in [0.717, 1.165) is 31.8 Å². The molecule has 0 spiro atoms. The van der Waals surface area contributed by atoms with E-state index in [-0.39, 0.29) is 10.3 Å². The minimum absolute atomic E-state index is 0.150. The van der Waals surface area contributed by atoms with Gasteiger partial charge in [0.05, 0.1) is 4.90 Å². The molecular weight excluding hydrogens is 569 g/mol. The molecule has 5 heteroatoms. The van der Waals surface area contributed by atoms with E-state index in [0.29, 0.717) is 5.39 Å². The second-order valence-electron chi connectivity index (χ2n) is 11.4. The van der Waals surface area contributed by atoms with Crippen LogP contribution in [0.4, 0.5) is 0 Å². The summed E-state index contributed by atoms with van der Waals surface area (Å²) in [4.78, 5) is 0.987. The van der Waals surface area contributed by atoms with Crippen molar-refractivity contribution in [2.75, 3.05) is 0 Å². The Bertz CT molecular complexity index is 2010. The summed E-state index contributed by atoms with van der Waals surface area (Å²) < 4.78 is 34.3. The molecule has 0 radical (unpaired) electrons. The Morgan fingerprint density at radius 1 is 0.535 bits per heavy atom. The smallest absolute Gasteiger partial charge is 0.150 e. The third-order valence-corrected chi connectivity index (χ3v) is 8.62. The average Bonchev–Trinajstić information content (AvgIpc) is 3.00. The van der Waals surface area contributed by atoms with Crippen LogP contribution in [-0.4, -0.2) is 13.0 Å². The van der Waals surface area contributed by atoms with Gasteiger partial charge in [-0.2, -0.15) is 0 Å². The van der Waals surface area contributed by atoms with Gasteiger partial charge in [0.1, 0.15) is 15.0 Å². The highest BCUT2D eigenvalue weighted by Crippen LogP contribution is 2.37. The lowest BCUT2D eigenvalue weighted by molar-refractivity contribution is 0.464. The van der Waals surface area contributed by atoms with Crippen molar-refractivity contribution in [3.8, 4) is 11.1 Å². The molecule has 0 aromatic heterocycles. The lowest BCUT2D eigenvalue weighted by atomic mass is 9.87. The van der Waals surface area contributed by atoms with Gasteiger partial charge in [-0.05, 0) is 79.9 Å². The molecule has 0 atom stereocenters. The van der Waals surface area contributed by atoms with Crippen LogP contribution in [0.3, 0.4) is 0 Å². The Labute approximate surface area is 259 Å². The fourth-order valence-corrected chi connectivity index (χ4v) is 6.00. The zero-order chi connectivity index (χ0) is 30.6. The zero-order valence-electron chi connectivity index (χ0n) is 24.4. The molecule has 3 nitrogen and oxygen atoms in total. The molecule has 7 aromatic carbocycles. The van der Waals surface area contributed by atoms with Crippen LogP contribution in [-0.2, 0) is 28.2 Å². The van der Waals surface area contributed by atoms with Gasteiger partial charge in [-0.1, -0.05) is 142 Å². The Morgan fingerprint density at radius 3 is 1.49 bits per heavy atom. The lowest BCUT2D eigenvalue weighted by Gasteiger charge is -2.18. The molecule has 0 N–H and O–H groups in total. The first-order valence-corrected chi connectivity index (χ1v) is 16.0. The topological polar surface area (TPSA) is 57.2 Å². The minimum Gasteiger partial charge on any atom is -0.744 e. The van der Waals surface area contributed by atoms with E-state index >= 15 is 0 Å². The number of benzene rings is 7. The molecule has 0 unspecified atom stereocenters. The predicted molar refractivity (Wildman–Crippen MR) is 184 cm³/mol. The second kappa shape index (κ2) is 12.6. The van der Waals surface area contributed by atoms with Crippen LogP contribution in [0, 0.1) is 0 Å². The molecule has 0 amide bonds. The number of hydrogen-bond acceptors (Lipinski definition) is 3. The maximum absolute atomic E-state index is 11.4. The molecule has 0 aliphatic heterocycles. The quantitative estimate of drug-likeness (QED) is 0.113. The molecule has 0 saturated heterocycles. The molecular formula is C38H34O3S2. The summed E-state index contributed by atoms with van der Waals surface area (Å²) in [7, 11) is -4.48. The largest absolute Gasteiger partial charge is 0.744 e. The van der Waals surface area contributed by atoms with Gasteiger partial charge < -0.3 is 4.55 Å². The number of hydrogen-bond donors (Lipinski definition) is 0. The van der Waals surface area contributed by atoms with E-state index < -0.39 is 10.1 Å². The maximum Gasteiger partial charge on any atom is 0.150 e. The molecule has 0 saturated carbocycles. The Balaban J connectivity index is 0.000000138. The summed E-state index contributed by atoms with van der Waals surface area (Å²) >= 11 is 3.46. The molecule has 7 rings (SSSR count). The van der Waals surface area contributed by atoms with E-state index in [1.165, 1.54) is 22.8 Å². The third-order valence-electron chi connectivity index (χ3n) is 7.39. The third kappa shape index (κ3) is 7.08. The molecule has 43 heavy (non-hydrogen) atoms. The van der Waals surface area contributed by atoms with Gasteiger partial charge in [-0.25, -0.2) is 8.42 Å². The summed E-state index contributed by atoms with van der Waals surface area (Å²) in [5.41, 5.74) is 4.19.